The molecule has 8 unspecified atom stereocenters. The molecule has 0 amide bonds. The minimum Gasteiger partial charge on any atom is -0.390 e. The van der Waals surface area contributed by atoms with Crippen molar-refractivity contribution in [3.63, 3.8) is 0 Å². The Morgan fingerprint density at radius 3 is 2.50 bits per heavy atom. The van der Waals surface area contributed by atoms with Crippen molar-refractivity contribution < 1.29 is 9.84 Å². The second kappa shape index (κ2) is 2.25. The highest BCUT2D eigenvalue weighted by Gasteiger charge is 2.64. The highest BCUT2D eigenvalue weighted by atomic mass is 16.5. The van der Waals surface area contributed by atoms with E-state index in [1.54, 1.807) is 0 Å². The summed E-state index contributed by atoms with van der Waals surface area (Å²) in [5.74, 6) is 3.20. The number of fused-ring (bicyclic) bond motifs is 9. The zero-order valence-corrected chi connectivity index (χ0v) is 8.34. The summed E-state index contributed by atoms with van der Waals surface area (Å²) in [6, 6.07) is 0. The summed E-state index contributed by atoms with van der Waals surface area (Å²) in [4.78, 5) is 0. The minimum absolute atomic E-state index is 0.153. The predicted octanol–water partition coefficient (Wildman–Crippen LogP) is 1.20. The van der Waals surface area contributed by atoms with Gasteiger partial charge in [0.05, 0.1) is 18.3 Å². The van der Waals surface area contributed by atoms with Crippen LogP contribution in [0.25, 0.3) is 0 Å². The first kappa shape index (κ1) is 7.89. The van der Waals surface area contributed by atoms with Crippen molar-refractivity contribution in [1.82, 2.24) is 0 Å². The first-order valence-electron chi connectivity index (χ1n) is 5.79. The maximum absolute atomic E-state index is 10.0. The van der Waals surface area contributed by atoms with Gasteiger partial charge in [-0.15, -0.1) is 0 Å². The molecule has 2 aliphatic carbocycles. The molecule has 0 aromatic carbocycles. The number of allylic oxidation sites excluding steroid dienone is 2. The van der Waals surface area contributed by atoms with Gasteiger partial charge in [0, 0.05) is 5.92 Å². The molecule has 1 saturated carbocycles. The Bertz CT molecular complexity index is 283. The molecule has 4 rings (SSSR count). The van der Waals surface area contributed by atoms with Crippen molar-refractivity contribution in [2.75, 3.05) is 0 Å². The molecule has 14 heavy (non-hydrogen) atoms. The third-order valence-electron chi connectivity index (χ3n) is 5.05. The summed E-state index contributed by atoms with van der Waals surface area (Å²) in [5, 5.41) is 10.0. The molecule has 0 aromatic rings. The molecule has 0 spiro atoms. The molecule has 0 radical (unpaired) electrons. The molecule has 1 N–H and O–H groups in total. The average Bonchev–Trinajstić information content (AvgIpc) is 2.87. The van der Waals surface area contributed by atoms with Crippen molar-refractivity contribution in [2.24, 2.45) is 29.6 Å². The highest BCUT2D eigenvalue weighted by molar-refractivity contribution is 5.22. The summed E-state index contributed by atoms with van der Waals surface area (Å²) in [6.45, 7) is 2.14. The normalized spacial score (nSPS) is 67.9. The van der Waals surface area contributed by atoms with E-state index in [-0.39, 0.29) is 12.2 Å². The van der Waals surface area contributed by atoms with Crippen LogP contribution >= 0.6 is 0 Å². The number of rotatable bonds is 0. The van der Waals surface area contributed by atoms with Crippen LogP contribution in [0.1, 0.15) is 13.3 Å². The van der Waals surface area contributed by atoms with E-state index >= 15 is 0 Å². The van der Waals surface area contributed by atoms with Crippen LogP contribution in [-0.4, -0.2) is 23.4 Å². The maximum atomic E-state index is 10.0. The van der Waals surface area contributed by atoms with Gasteiger partial charge in [-0.25, -0.2) is 0 Å². The van der Waals surface area contributed by atoms with E-state index in [0.717, 1.165) is 11.8 Å². The largest absolute Gasteiger partial charge is 0.390 e. The number of hydrogen-bond acceptors (Lipinski definition) is 2. The number of aliphatic hydroxyl groups is 1. The van der Waals surface area contributed by atoms with Gasteiger partial charge in [0.15, 0.2) is 0 Å². The number of ether oxygens (including phenoxy) is 1. The van der Waals surface area contributed by atoms with Gasteiger partial charge in [-0.1, -0.05) is 19.1 Å². The quantitative estimate of drug-likeness (QED) is 0.584. The van der Waals surface area contributed by atoms with E-state index < -0.39 is 0 Å². The lowest BCUT2D eigenvalue weighted by atomic mass is 9.69. The second-order valence-electron chi connectivity index (χ2n) is 5.52. The minimum atomic E-state index is -0.200. The van der Waals surface area contributed by atoms with Gasteiger partial charge in [0.25, 0.3) is 0 Å². The number of hydrogen-bond donors (Lipinski definition) is 1. The van der Waals surface area contributed by atoms with Gasteiger partial charge in [-0.2, -0.15) is 0 Å². The van der Waals surface area contributed by atoms with Gasteiger partial charge in [0.1, 0.15) is 0 Å². The average molecular weight is 192 g/mol. The van der Waals surface area contributed by atoms with E-state index in [1.165, 1.54) is 6.42 Å². The van der Waals surface area contributed by atoms with E-state index in [0.29, 0.717) is 23.9 Å². The van der Waals surface area contributed by atoms with Crippen molar-refractivity contribution in [2.45, 2.75) is 31.7 Å². The van der Waals surface area contributed by atoms with Crippen LogP contribution in [0.4, 0.5) is 0 Å². The fourth-order valence-corrected chi connectivity index (χ4v) is 4.46. The molecule has 2 heterocycles. The standard InChI is InChI=1S/C12H16O2/c1-5-10(13)12-9-7-3-2-6(4-7)8(9)11(5)14-12/h2-3,5-13H,4H2,1H3. The van der Waals surface area contributed by atoms with Crippen LogP contribution in [0.2, 0.25) is 0 Å². The second-order valence-corrected chi connectivity index (χ2v) is 5.52. The lowest BCUT2D eigenvalue weighted by Gasteiger charge is -2.34. The smallest absolute Gasteiger partial charge is 0.0879 e. The summed E-state index contributed by atoms with van der Waals surface area (Å²) < 4.78 is 5.95. The molecule has 0 aromatic heterocycles. The molecular weight excluding hydrogens is 176 g/mol. The summed E-state index contributed by atoms with van der Waals surface area (Å²) in [7, 11) is 0. The van der Waals surface area contributed by atoms with Crippen LogP contribution in [0.3, 0.4) is 0 Å². The first-order valence-corrected chi connectivity index (χ1v) is 5.79. The molecule has 3 fully saturated rings. The Kier molecular flexibility index (Phi) is 1.27. The van der Waals surface area contributed by atoms with Crippen molar-refractivity contribution in [1.29, 1.82) is 0 Å². The van der Waals surface area contributed by atoms with Crippen molar-refractivity contribution in [3.8, 4) is 0 Å². The van der Waals surface area contributed by atoms with Gasteiger partial charge in [0.2, 0.25) is 0 Å². The predicted molar refractivity (Wildman–Crippen MR) is 51.5 cm³/mol. The molecule has 4 bridgehead atoms. The molecule has 4 aliphatic rings. The number of aliphatic hydroxyl groups excluding tert-OH is 1. The van der Waals surface area contributed by atoms with Crippen LogP contribution in [0, 0.1) is 29.6 Å². The SMILES string of the molecule is CC1C(O)C2OC1C1C3C=CC(C3)C21. The molecule has 2 heteroatoms. The Labute approximate surface area is 83.9 Å². The topological polar surface area (TPSA) is 29.5 Å². The molecule has 76 valence electrons. The first-order chi connectivity index (χ1) is 6.77. The fraction of sp³-hybridized carbons (Fsp3) is 0.833. The Balaban J connectivity index is 1.78. The van der Waals surface area contributed by atoms with Gasteiger partial charge in [-0.05, 0) is 30.1 Å². The van der Waals surface area contributed by atoms with Gasteiger partial charge < -0.3 is 9.84 Å². The van der Waals surface area contributed by atoms with E-state index in [1.807, 2.05) is 0 Å². The van der Waals surface area contributed by atoms with E-state index in [4.69, 9.17) is 4.74 Å². The fourth-order valence-electron chi connectivity index (χ4n) is 4.46. The van der Waals surface area contributed by atoms with Crippen LogP contribution in [0.15, 0.2) is 12.2 Å². The van der Waals surface area contributed by atoms with Gasteiger partial charge >= 0.3 is 0 Å². The van der Waals surface area contributed by atoms with Crippen LogP contribution in [-0.2, 0) is 4.74 Å². The van der Waals surface area contributed by atoms with E-state index in [9.17, 15) is 5.11 Å². The summed E-state index contributed by atoms with van der Waals surface area (Å²) in [5.41, 5.74) is 0. The molecule has 2 saturated heterocycles. The Morgan fingerprint density at radius 2 is 1.79 bits per heavy atom. The lowest BCUT2D eigenvalue weighted by Crippen LogP contribution is -2.43. The molecular formula is C12H16O2. The maximum Gasteiger partial charge on any atom is 0.0879 e. The zero-order valence-electron chi connectivity index (χ0n) is 8.34. The lowest BCUT2D eigenvalue weighted by molar-refractivity contribution is 0.0201. The van der Waals surface area contributed by atoms with Crippen LogP contribution < -0.4 is 0 Å². The van der Waals surface area contributed by atoms with Gasteiger partial charge in [-0.3, -0.25) is 0 Å². The molecule has 2 nitrogen and oxygen atoms in total. The molecule has 8 atom stereocenters. The summed E-state index contributed by atoms with van der Waals surface area (Å²) in [6.07, 6.45) is 6.36. The monoisotopic (exact) mass is 192 g/mol. The Hall–Kier alpha value is -0.340. The van der Waals surface area contributed by atoms with Crippen LogP contribution in [0.5, 0.6) is 0 Å². The third-order valence-corrected chi connectivity index (χ3v) is 5.05. The molecule has 2 aliphatic heterocycles. The van der Waals surface area contributed by atoms with Crippen molar-refractivity contribution >= 4 is 0 Å². The van der Waals surface area contributed by atoms with E-state index in [2.05, 4.69) is 19.1 Å². The summed E-state index contributed by atoms with van der Waals surface area (Å²) >= 11 is 0. The Morgan fingerprint density at radius 1 is 1.14 bits per heavy atom. The highest BCUT2D eigenvalue weighted by Crippen LogP contribution is 2.61. The third kappa shape index (κ3) is 0.664. The van der Waals surface area contributed by atoms with Crippen molar-refractivity contribution in [3.05, 3.63) is 12.2 Å². The zero-order chi connectivity index (χ0) is 9.45.